The second-order valence-corrected chi connectivity index (χ2v) is 6.57. The van der Waals surface area contributed by atoms with Crippen LogP contribution < -0.4 is 4.74 Å². The van der Waals surface area contributed by atoms with Crippen LogP contribution in [0.3, 0.4) is 0 Å². The Labute approximate surface area is 153 Å². The third-order valence-electron chi connectivity index (χ3n) is 4.19. The van der Waals surface area contributed by atoms with Crippen molar-refractivity contribution in [1.82, 2.24) is 4.90 Å². The van der Waals surface area contributed by atoms with Crippen LogP contribution in [-0.2, 0) is 16.1 Å². The van der Waals surface area contributed by atoms with Crippen LogP contribution in [0.15, 0.2) is 54.6 Å². The van der Waals surface area contributed by atoms with Gasteiger partial charge in [0, 0.05) is 24.7 Å². The van der Waals surface area contributed by atoms with Crippen molar-refractivity contribution in [1.29, 1.82) is 0 Å². The minimum absolute atomic E-state index is 0.0182. The molecule has 2 aromatic rings. The summed E-state index contributed by atoms with van der Waals surface area (Å²) < 4.78 is 11.3. The van der Waals surface area contributed by atoms with E-state index in [0.717, 1.165) is 25.0 Å². The highest BCUT2D eigenvalue weighted by atomic mass is 35.5. The Bertz CT molecular complexity index is 669. The SMILES string of the molecule is O=C(COc1ccccc1)N(Cc1ccc(Cl)cc1)CC1CCCO1. The van der Waals surface area contributed by atoms with Crippen molar-refractivity contribution in [2.24, 2.45) is 0 Å². The molecule has 3 rings (SSSR count). The highest BCUT2D eigenvalue weighted by Gasteiger charge is 2.23. The third-order valence-corrected chi connectivity index (χ3v) is 4.44. The summed E-state index contributed by atoms with van der Waals surface area (Å²) in [4.78, 5) is 14.5. The molecular weight excluding hydrogens is 338 g/mol. The molecule has 1 atom stereocenters. The molecule has 0 aliphatic carbocycles. The Morgan fingerprint density at radius 2 is 1.92 bits per heavy atom. The largest absolute Gasteiger partial charge is 0.484 e. The first kappa shape index (κ1) is 17.8. The lowest BCUT2D eigenvalue weighted by molar-refractivity contribution is -0.135. The van der Waals surface area contributed by atoms with Crippen LogP contribution in [0.4, 0.5) is 0 Å². The molecule has 2 aromatic carbocycles. The van der Waals surface area contributed by atoms with Gasteiger partial charge in [0.2, 0.25) is 0 Å². The molecule has 1 aliphatic rings. The van der Waals surface area contributed by atoms with Gasteiger partial charge in [0.05, 0.1) is 6.10 Å². The number of benzene rings is 2. The number of nitrogens with zero attached hydrogens (tertiary/aromatic N) is 1. The van der Waals surface area contributed by atoms with E-state index < -0.39 is 0 Å². The number of carbonyl (C=O) groups excluding carboxylic acids is 1. The van der Waals surface area contributed by atoms with Crippen molar-refractivity contribution >= 4 is 17.5 Å². The molecule has 4 nitrogen and oxygen atoms in total. The summed E-state index contributed by atoms with van der Waals surface area (Å²) in [6, 6.07) is 16.9. The molecule has 0 saturated carbocycles. The van der Waals surface area contributed by atoms with Gasteiger partial charge in [0.1, 0.15) is 5.75 Å². The van der Waals surface area contributed by atoms with Gasteiger partial charge in [-0.3, -0.25) is 4.79 Å². The van der Waals surface area contributed by atoms with E-state index in [1.54, 1.807) is 0 Å². The summed E-state index contributed by atoms with van der Waals surface area (Å²) in [5.74, 6) is 0.647. The first-order chi connectivity index (χ1) is 12.2. The molecule has 132 valence electrons. The summed E-state index contributed by atoms with van der Waals surface area (Å²) in [6.07, 6.45) is 2.14. The molecule has 0 N–H and O–H groups in total. The quantitative estimate of drug-likeness (QED) is 0.752. The van der Waals surface area contributed by atoms with Crippen molar-refractivity contribution < 1.29 is 14.3 Å². The molecule has 1 aliphatic heterocycles. The maximum atomic E-state index is 12.7. The fourth-order valence-electron chi connectivity index (χ4n) is 2.85. The smallest absolute Gasteiger partial charge is 0.260 e. The summed E-state index contributed by atoms with van der Waals surface area (Å²) in [5, 5.41) is 0.688. The van der Waals surface area contributed by atoms with Gasteiger partial charge in [-0.25, -0.2) is 0 Å². The van der Waals surface area contributed by atoms with Crippen molar-refractivity contribution in [3.63, 3.8) is 0 Å². The number of carbonyl (C=O) groups is 1. The van der Waals surface area contributed by atoms with Crippen molar-refractivity contribution in [3.05, 3.63) is 65.2 Å². The van der Waals surface area contributed by atoms with Crippen molar-refractivity contribution in [2.45, 2.75) is 25.5 Å². The molecule has 5 heteroatoms. The summed E-state index contributed by atoms with van der Waals surface area (Å²) in [7, 11) is 0. The van der Waals surface area contributed by atoms with Gasteiger partial charge in [-0.15, -0.1) is 0 Å². The maximum absolute atomic E-state index is 12.7. The highest BCUT2D eigenvalue weighted by molar-refractivity contribution is 6.30. The summed E-state index contributed by atoms with van der Waals surface area (Å²) in [6.45, 7) is 1.89. The van der Waals surface area contributed by atoms with Crippen LogP contribution in [-0.4, -0.2) is 36.7 Å². The predicted molar refractivity (Wildman–Crippen MR) is 97.8 cm³/mol. The summed E-state index contributed by atoms with van der Waals surface area (Å²) >= 11 is 5.95. The van der Waals surface area contributed by atoms with Crippen LogP contribution in [0.25, 0.3) is 0 Å². The van der Waals surface area contributed by atoms with Gasteiger partial charge in [0.15, 0.2) is 6.61 Å². The maximum Gasteiger partial charge on any atom is 0.260 e. The monoisotopic (exact) mass is 359 g/mol. The van der Waals surface area contributed by atoms with Gasteiger partial charge >= 0.3 is 0 Å². The average Bonchev–Trinajstić information content (AvgIpc) is 3.15. The Morgan fingerprint density at radius 3 is 2.60 bits per heavy atom. The number of hydrogen-bond donors (Lipinski definition) is 0. The zero-order chi connectivity index (χ0) is 17.5. The first-order valence-electron chi connectivity index (χ1n) is 8.52. The van der Waals surface area contributed by atoms with E-state index in [0.29, 0.717) is 23.9 Å². The first-order valence-corrected chi connectivity index (χ1v) is 8.90. The Hall–Kier alpha value is -2.04. The molecular formula is C20H22ClNO3. The Balaban J connectivity index is 1.63. The number of rotatable bonds is 7. The molecule has 1 amide bonds. The highest BCUT2D eigenvalue weighted by Crippen LogP contribution is 2.17. The number of hydrogen-bond acceptors (Lipinski definition) is 3. The number of para-hydroxylation sites is 1. The molecule has 0 spiro atoms. The average molecular weight is 360 g/mol. The van der Waals surface area contributed by atoms with Gasteiger partial charge in [-0.05, 0) is 42.7 Å². The minimum atomic E-state index is -0.0469. The van der Waals surface area contributed by atoms with E-state index in [9.17, 15) is 4.79 Å². The molecule has 1 heterocycles. The minimum Gasteiger partial charge on any atom is -0.484 e. The summed E-state index contributed by atoms with van der Waals surface area (Å²) in [5.41, 5.74) is 1.04. The number of halogens is 1. The van der Waals surface area contributed by atoms with E-state index in [2.05, 4.69) is 0 Å². The van der Waals surface area contributed by atoms with Crippen LogP contribution in [0.5, 0.6) is 5.75 Å². The zero-order valence-electron chi connectivity index (χ0n) is 14.1. The molecule has 1 fully saturated rings. The van der Waals surface area contributed by atoms with Gasteiger partial charge < -0.3 is 14.4 Å². The van der Waals surface area contributed by atoms with Crippen LogP contribution in [0, 0.1) is 0 Å². The van der Waals surface area contributed by atoms with E-state index in [1.165, 1.54) is 0 Å². The van der Waals surface area contributed by atoms with Gasteiger partial charge in [0.25, 0.3) is 5.91 Å². The lowest BCUT2D eigenvalue weighted by atomic mass is 10.2. The zero-order valence-corrected chi connectivity index (χ0v) is 14.8. The van der Waals surface area contributed by atoms with Crippen molar-refractivity contribution in [2.75, 3.05) is 19.8 Å². The third kappa shape index (κ3) is 5.48. The Kier molecular flexibility index (Phi) is 6.31. The lowest BCUT2D eigenvalue weighted by Crippen LogP contribution is -2.39. The van der Waals surface area contributed by atoms with Crippen LogP contribution in [0.1, 0.15) is 18.4 Å². The number of ether oxygens (including phenoxy) is 2. The van der Waals surface area contributed by atoms with E-state index in [4.69, 9.17) is 21.1 Å². The molecule has 1 saturated heterocycles. The topological polar surface area (TPSA) is 38.8 Å². The van der Waals surface area contributed by atoms with Gasteiger partial charge in [-0.2, -0.15) is 0 Å². The van der Waals surface area contributed by atoms with E-state index in [1.807, 2.05) is 59.5 Å². The standard InChI is InChI=1S/C20H22ClNO3/c21-17-10-8-16(9-11-17)13-22(14-19-7-4-12-24-19)20(23)15-25-18-5-2-1-3-6-18/h1-3,5-6,8-11,19H,4,7,12-15H2. The van der Waals surface area contributed by atoms with E-state index >= 15 is 0 Å². The van der Waals surface area contributed by atoms with Crippen LogP contribution in [0.2, 0.25) is 5.02 Å². The Morgan fingerprint density at radius 1 is 1.16 bits per heavy atom. The second kappa shape index (κ2) is 8.88. The molecule has 1 unspecified atom stereocenters. The molecule has 25 heavy (non-hydrogen) atoms. The van der Waals surface area contributed by atoms with E-state index in [-0.39, 0.29) is 18.6 Å². The molecule has 0 radical (unpaired) electrons. The second-order valence-electron chi connectivity index (χ2n) is 6.14. The van der Waals surface area contributed by atoms with Crippen LogP contribution >= 0.6 is 11.6 Å². The van der Waals surface area contributed by atoms with Crippen molar-refractivity contribution in [3.8, 4) is 5.75 Å². The molecule has 0 aromatic heterocycles. The fourth-order valence-corrected chi connectivity index (χ4v) is 2.98. The lowest BCUT2D eigenvalue weighted by Gasteiger charge is -2.25. The molecule has 0 bridgehead atoms. The fraction of sp³-hybridized carbons (Fsp3) is 0.350. The normalized spacial score (nSPS) is 16.6. The number of amides is 1. The van der Waals surface area contributed by atoms with Gasteiger partial charge in [-0.1, -0.05) is 41.9 Å². The predicted octanol–water partition coefficient (Wildman–Crippen LogP) is 3.93.